The Labute approximate surface area is 152 Å². The minimum atomic E-state index is -0.723. The smallest absolute Gasteiger partial charge is 0.313 e. The van der Waals surface area contributed by atoms with E-state index in [0.717, 1.165) is 5.56 Å². The molecule has 138 valence electrons. The number of nitrogens with one attached hydrogen (secondary N) is 2. The number of hydrogen-bond donors (Lipinski definition) is 2. The number of hydrogen-bond acceptors (Lipinski definition) is 5. The van der Waals surface area contributed by atoms with Crippen molar-refractivity contribution in [1.82, 2.24) is 10.3 Å². The molecule has 0 aliphatic carbocycles. The zero-order chi connectivity index (χ0) is 18.8. The molecule has 0 spiro atoms. The van der Waals surface area contributed by atoms with Crippen LogP contribution in [-0.4, -0.2) is 36.6 Å². The maximum absolute atomic E-state index is 11.9. The van der Waals surface area contributed by atoms with Crippen LogP contribution in [0.4, 0.5) is 5.69 Å². The van der Waals surface area contributed by atoms with E-state index in [4.69, 9.17) is 9.47 Å². The average Bonchev–Trinajstić information content (AvgIpc) is 2.65. The summed E-state index contributed by atoms with van der Waals surface area (Å²) in [4.78, 5) is 27.6. The summed E-state index contributed by atoms with van der Waals surface area (Å²) in [7, 11) is 0. The Morgan fingerprint density at radius 1 is 1.04 bits per heavy atom. The van der Waals surface area contributed by atoms with E-state index in [1.54, 1.807) is 18.3 Å². The first-order chi connectivity index (χ1) is 12.6. The van der Waals surface area contributed by atoms with Gasteiger partial charge >= 0.3 is 11.8 Å². The number of amides is 2. The molecule has 2 rings (SSSR count). The molecule has 26 heavy (non-hydrogen) atoms. The van der Waals surface area contributed by atoms with Crippen LogP contribution in [0.3, 0.4) is 0 Å². The summed E-state index contributed by atoms with van der Waals surface area (Å²) in [5.41, 5.74) is 1.45. The summed E-state index contributed by atoms with van der Waals surface area (Å²) in [6, 6.07) is 8.98. The zero-order valence-corrected chi connectivity index (χ0v) is 15.0. The fraction of sp³-hybridized carbons (Fsp3) is 0.316. The molecule has 2 aromatic rings. The molecule has 1 aromatic heterocycles. The molecule has 0 fully saturated rings. The topological polar surface area (TPSA) is 89.5 Å². The van der Waals surface area contributed by atoms with E-state index in [-0.39, 0.29) is 0 Å². The standard InChI is InChI=1S/C19H23N3O4/c1-3-25-16-8-7-14(12-17(16)26-4-2)9-11-21-18(23)19(24)22-15-6-5-10-20-13-15/h5-8,10,12-13H,3-4,9,11H2,1-2H3,(H,21,23)(H,22,24). The van der Waals surface area contributed by atoms with Gasteiger partial charge in [-0.3, -0.25) is 14.6 Å². The lowest BCUT2D eigenvalue weighted by Crippen LogP contribution is -2.36. The second-order valence-electron chi connectivity index (χ2n) is 5.35. The Morgan fingerprint density at radius 2 is 1.81 bits per heavy atom. The molecular weight excluding hydrogens is 334 g/mol. The van der Waals surface area contributed by atoms with Gasteiger partial charge in [0.05, 0.1) is 25.1 Å². The van der Waals surface area contributed by atoms with Gasteiger partial charge in [-0.25, -0.2) is 0 Å². The largest absolute Gasteiger partial charge is 0.490 e. The number of aromatic nitrogens is 1. The predicted octanol–water partition coefficient (Wildman–Crippen LogP) is 2.18. The number of benzene rings is 1. The van der Waals surface area contributed by atoms with Crippen molar-refractivity contribution < 1.29 is 19.1 Å². The lowest BCUT2D eigenvalue weighted by Gasteiger charge is -2.12. The van der Waals surface area contributed by atoms with E-state index >= 15 is 0 Å². The van der Waals surface area contributed by atoms with Gasteiger partial charge in [0.25, 0.3) is 0 Å². The molecule has 0 saturated heterocycles. The lowest BCUT2D eigenvalue weighted by atomic mass is 10.1. The SMILES string of the molecule is CCOc1ccc(CCNC(=O)C(=O)Nc2cccnc2)cc1OCC. The number of ether oxygens (including phenoxy) is 2. The van der Waals surface area contributed by atoms with E-state index < -0.39 is 11.8 Å². The lowest BCUT2D eigenvalue weighted by molar-refractivity contribution is -0.136. The van der Waals surface area contributed by atoms with Gasteiger partial charge in [0.1, 0.15) is 0 Å². The highest BCUT2D eigenvalue weighted by molar-refractivity contribution is 6.39. The maximum atomic E-state index is 11.9. The molecule has 7 heteroatoms. The van der Waals surface area contributed by atoms with Gasteiger partial charge in [-0.05, 0) is 50.1 Å². The van der Waals surface area contributed by atoms with E-state index in [1.807, 2.05) is 32.0 Å². The van der Waals surface area contributed by atoms with Crippen LogP contribution in [0.2, 0.25) is 0 Å². The summed E-state index contributed by atoms with van der Waals surface area (Å²) in [6.07, 6.45) is 3.63. The van der Waals surface area contributed by atoms with Crippen molar-refractivity contribution in [3.8, 4) is 11.5 Å². The monoisotopic (exact) mass is 357 g/mol. The molecule has 0 unspecified atom stereocenters. The summed E-state index contributed by atoms with van der Waals surface area (Å²) < 4.78 is 11.1. The number of anilines is 1. The highest BCUT2D eigenvalue weighted by Gasteiger charge is 2.13. The number of carbonyl (C=O) groups excluding carboxylic acids is 2. The third-order valence-corrected chi connectivity index (χ3v) is 3.43. The Kier molecular flexibility index (Phi) is 7.42. The summed E-state index contributed by atoms with van der Waals surface area (Å²) in [5, 5.41) is 5.09. The van der Waals surface area contributed by atoms with Crippen molar-refractivity contribution in [2.24, 2.45) is 0 Å². The fourth-order valence-electron chi connectivity index (χ4n) is 2.28. The van der Waals surface area contributed by atoms with Gasteiger partial charge in [0, 0.05) is 12.7 Å². The summed E-state index contributed by atoms with van der Waals surface area (Å²) in [6.45, 7) is 5.24. The van der Waals surface area contributed by atoms with Crippen LogP contribution in [0, 0.1) is 0 Å². The van der Waals surface area contributed by atoms with Crippen molar-refractivity contribution in [3.63, 3.8) is 0 Å². The van der Waals surface area contributed by atoms with Crippen LogP contribution < -0.4 is 20.1 Å². The number of nitrogens with zero attached hydrogens (tertiary/aromatic N) is 1. The molecule has 1 aromatic carbocycles. The van der Waals surface area contributed by atoms with Crippen LogP contribution in [0.25, 0.3) is 0 Å². The molecule has 0 aliphatic heterocycles. The van der Waals surface area contributed by atoms with Gasteiger partial charge in [-0.1, -0.05) is 6.07 Å². The third kappa shape index (κ3) is 5.77. The molecule has 1 heterocycles. The van der Waals surface area contributed by atoms with Gasteiger partial charge in [-0.2, -0.15) is 0 Å². The molecule has 0 saturated carbocycles. The van der Waals surface area contributed by atoms with Gasteiger partial charge < -0.3 is 20.1 Å². The number of rotatable bonds is 8. The minimum absolute atomic E-state index is 0.332. The number of carbonyl (C=O) groups is 2. The van der Waals surface area contributed by atoms with E-state index in [2.05, 4.69) is 15.6 Å². The molecule has 0 aliphatic rings. The average molecular weight is 357 g/mol. The normalized spacial score (nSPS) is 10.1. The Hall–Kier alpha value is -3.09. The summed E-state index contributed by atoms with van der Waals surface area (Å²) in [5.74, 6) is -0.0463. The molecular formula is C19H23N3O4. The van der Waals surface area contributed by atoms with Crippen LogP contribution in [0.15, 0.2) is 42.7 Å². The molecule has 0 atom stereocenters. The van der Waals surface area contributed by atoms with Crippen LogP contribution in [0.5, 0.6) is 11.5 Å². The molecule has 0 bridgehead atoms. The van der Waals surface area contributed by atoms with Crippen molar-refractivity contribution in [1.29, 1.82) is 0 Å². The van der Waals surface area contributed by atoms with Crippen LogP contribution in [-0.2, 0) is 16.0 Å². The van der Waals surface area contributed by atoms with Crippen LogP contribution >= 0.6 is 0 Å². The molecule has 0 radical (unpaired) electrons. The van der Waals surface area contributed by atoms with Gasteiger partial charge in [-0.15, -0.1) is 0 Å². The minimum Gasteiger partial charge on any atom is -0.490 e. The number of pyridine rings is 1. The maximum Gasteiger partial charge on any atom is 0.313 e. The fourth-order valence-corrected chi connectivity index (χ4v) is 2.28. The van der Waals surface area contributed by atoms with E-state index in [1.165, 1.54) is 6.20 Å². The third-order valence-electron chi connectivity index (χ3n) is 3.43. The molecule has 2 N–H and O–H groups in total. The highest BCUT2D eigenvalue weighted by atomic mass is 16.5. The first-order valence-corrected chi connectivity index (χ1v) is 8.51. The Bertz CT molecular complexity index is 735. The van der Waals surface area contributed by atoms with E-state index in [9.17, 15) is 9.59 Å². The predicted molar refractivity (Wildman–Crippen MR) is 98.4 cm³/mol. The van der Waals surface area contributed by atoms with Crippen molar-refractivity contribution >= 4 is 17.5 Å². The van der Waals surface area contributed by atoms with Gasteiger partial charge in [0.2, 0.25) is 0 Å². The Balaban J connectivity index is 1.85. The first kappa shape index (κ1) is 19.2. The summed E-state index contributed by atoms with van der Waals surface area (Å²) >= 11 is 0. The second kappa shape index (κ2) is 10.0. The zero-order valence-electron chi connectivity index (χ0n) is 15.0. The van der Waals surface area contributed by atoms with E-state index in [0.29, 0.717) is 43.4 Å². The first-order valence-electron chi connectivity index (χ1n) is 8.51. The molecule has 2 amide bonds. The van der Waals surface area contributed by atoms with Crippen molar-refractivity contribution in [2.75, 3.05) is 25.1 Å². The van der Waals surface area contributed by atoms with Crippen molar-refractivity contribution in [3.05, 3.63) is 48.3 Å². The second-order valence-corrected chi connectivity index (χ2v) is 5.35. The molecule has 7 nitrogen and oxygen atoms in total. The van der Waals surface area contributed by atoms with Gasteiger partial charge in [0.15, 0.2) is 11.5 Å². The van der Waals surface area contributed by atoms with Crippen molar-refractivity contribution in [2.45, 2.75) is 20.3 Å². The van der Waals surface area contributed by atoms with Crippen LogP contribution in [0.1, 0.15) is 19.4 Å². The Morgan fingerprint density at radius 3 is 2.50 bits per heavy atom. The highest BCUT2D eigenvalue weighted by Crippen LogP contribution is 2.28. The quantitative estimate of drug-likeness (QED) is 0.707.